The number of carbonyl (C=O) groups excluding carboxylic acids is 1. The lowest BCUT2D eigenvalue weighted by Gasteiger charge is -2.18. The number of aromatic nitrogens is 3. The van der Waals surface area contributed by atoms with Crippen LogP contribution < -0.4 is 0 Å². The molecule has 0 aliphatic heterocycles. The Balaban J connectivity index is 1.86. The third kappa shape index (κ3) is 3.42. The largest absolute Gasteiger partial charge is 0.338 e. The van der Waals surface area contributed by atoms with Crippen molar-refractivity contribution in [3.05, 3.63) is 23.3 Å². The van der Waals surface area contributed by atoms with Crippen LogP contribution in [0.25, 0.3) is 0 Å². The van der Waals surface area contributed by atoms with Crippen molar-refractivity contribution in [2.75, 3.05) is 7.05 Å². The van der Waals surface area contributed by atoms with Crippen molar-refractivity contribution in [1.29, 1.82) is 0 Å². The lowest BCUT2D eigenvalue weighted by atomic mass is 9.97. The second-order valence-electron chi connectivity index (χ2n) is 4.87. The summed E-state index contributed by atoms with van der Waals surface area (Å²) < 4.78 is 0. The van der Waals surface area contributed by atoms with Crippen molar-refractivity contribution in [3.63, 3.8) is 0 Å². The summed E-state index contributed by atoms with van der Waals surface area (Å²) in [4.78, 5) is 17.9. The standard InChI is InChI=1S/C13H20N4O/c1-10-14-12(16-15-10)9-17(2)13(18)8-11-6-4-3-5-7-11/h6H,3-5,7-9H2,1-2H3,(H,14,15,16). The van der Waals surface area contributed by atoms with Crippen LogP contribution in [-0.4, -0.2) is 33.0 Å². The van der Waals surface area contributed by atoms with Gasteiger partial charge in [-0.3, -0.25) is 9.89 Å². The Morgan fingerprint density at radius 1 is 1.50 bits per heavy atom. The van der Waals surface area contributed by atoms with Crippen molar-refractivity contribution >= 4 is 5.91 Å². The van der Waals surface area contributed by atoms with E-state index in [9.17, 15) is 4.79 Å². The quantitative estimate of drug-likeness (QED) is 0.828. The molecule has 5 heteroatoms. The zero-order valence-electron chi connectivity index (χ0n) is 11.1. The Kier molecular flexibility index (Phi) is 4.12. The van der Waals surface area contributed by atoms with E-state index in [0.717, 1.165) is 18.7 Å². The molecule has 0 bridgehead atoms. The zero-order chi connectivity index (χ0) is 13.0. The molecule has 1 amide bonds. The number of H-pyrrole nitrogens is 1. The molecular weight excluding hydrogens is 228 g/mol. The maximum absolute atomic E-state index is 12.0. The minimum atomic E-state index is 0.144. The molecule has 1 aliphatic carbocycles. The van der Waals surface area contributed by atoms with E-state index in [1.54, 1.807) is 11.9 Å². The minimum absolute atomic E-state index is 0.144. The SMILES string of the molecule is Cc1nc(CN(C)C(=O)CC2=CCCCC2)n[nH]1. The van der Waals surface area contributed by atoms with E-state index < -0.39 is 0 Å². The Hall–Kier alpha value is -1.65. The number of nitrogens with zero attached hydrogens (tertiary/aromatic N) is 3. The van der Waals surface area contributed by atoms with E-state index in [1.165, 1.54) is 18.4 Å². The first-order valence-electron chi connectivity index (χ1n) is 6.45. The first kappa shape index (κ1) is 12.8. The van der Waals surface area contributed by atoms with Crippen LogP contribution in [0.2, 0.25) is 0 Å². The molecule has 1 aliphatic rings. The number of aryl methyl sites for hydroxylation is 1. The van der Waals surface area contributed by atoms with Gasteiger partial charge >= 0.3 is 0 Å². The molecule has 1 aromatic heterocycles. The van der Waals surface area contributed by atoms with Gasteiger partial charge in [-0.25, -0.2) is 4.98 Å². The number of carbonyl (C=O) groups is 1. The summed E-state index contributed by atoms with van der Waals surface area (Å²) in [7, 11) is 1.80. The summed E-state index contributed by atoms with van der Waals surface area (Å²) in [5.41, 5.74) is 1.28. The minimum Gasteiger partial charge on any atom is -0.338 e. The first-order chi connectivity index (χ1) is 8.65. The van der Waals surface area contributed by atoms with Gasteiger partial charge in [-0.1, -0.05) is 11.6 Å². The normalized spacial score (nSPS) is 15.3. The number of amides is 1. The van der Waals surface area contributed by atoms with Crippen LogP contribution in [-0.2, 0) is 11.3 Å². The van der Waals surface area contributed by atoms with Gasteiger partial charge in [0.1, 0.15) is 5.82 Å². The molecule has 98 valence electrons. The van der Waals surface area contributed by atoms with Gasteiger partial charge < -0.3 is 4.90 Å². The fourth-order valence-corrected chi connectivity index (χ4v) is 2.15. The topological polar surface area (TPSA) is 61.9 Å². The molecule has 0 aromatic carbocycles. The maximum Gasteiger partial charge on any atom is 0.226 e. The van der Waals surface area contributed by atoms with Crippen LogP contribution in [0.3, 0.4) is 0 Å². The summed E-state index contributed by atoms with van der Waals surface area (Å²) in [6.45, 7) is 2.32. The fourth-order valence-electron chi connectivity index (χ4n) is 2.15. The molecule has 0 atom stereocenters. The highest BCUT2D eigenvalue weighted by Gasteiger charge is 2.14. The molecule has 0 spiro atoms. The van der Waals surface area contributed by atoms with Crippen molar-refractivity contribution in [2.45, 2.75) is 45.6 Å². The van der Waals surface area contributed by atoms with Gasteiger partial charge in [0, 0.05) is 13.5 Å². The Morgan fingerprint density at radius 3 is 2.94 bits per heavy atom. The highest BCUT2D eigenvalue weighted by molar-refractivity contribution is 5.78. The lowest BCUT2D eigenvalue weighted by molar-refractivity contribution is -0.129. The number of hydrogen-bond donors (Lipinski definition) is 1. The smallest absolute Gasteiger partial charge is 0.226 e. The van der Waals surface area contributed by atoms with Crippen molar-refractivity contribution < 1.29 is 4.79 Å². The molecular formula is C13H20N4O. The molecule has 5 nitrogen and oxygen atoms in total. The van der Waals surface area contributed by atoms with E-state index in [-0.39, 0.29) is 5.91 Å². The van der Waals surface area contributed by atoms with E-state index in [0.29, 0.717) is 18.8 Å². The molecule has 0 radical (unpaired) electrons. The van der Waals surface area contributed by atoms with Gasteiger partial charge in [-0.05, 0) is 32.6 Å². The highest BCUT2D eigenvalue weighted by Crippen LogP contribution is 2.20. The molecule has 2 rings (SSSR count). The van der Waals surface area contributed by atoms with Crippen LogP contribution in [0, 0.1) is 6.92 Å². The van der Waals surface area contributed by atoms with Crippen molar-refractivity contribution in [3.8, 4) is 0 Å². The second kappa shape index (κ2) is 5.80. The van der Waals surface area contributed by atoms with Crippen LogP contribution in [0.1, 0.15) is 43.8 Å². The number of nitrogens with one attached hydrogen (secondary N) is 1. The van der Waals surface area contributed by atoms with Crippen molar-refractivity contribution in [2.24, 2.45) is 0 Å². The van der Waals surface area contributed by atoms with Gasteiger partial charge in [0.05, 0.1) is 6.54 Å². The number of allylic oxidation sites excluding steroid dienone is 1. The summed E-state index contributed by atoms with van der Waals surface area (Å²) in [5.74, 6) is 1.59. The van der Waals surface area contributed by atoms with Crippen LogP contribution in [0.4, 0.5) is 0 Å². The Bertz CT molecular complexity index is 450. The predicted octanol–water partition coefficient (Wildman–Crippen LogP) is 1.96. The van der Waals surface area contributed by atoms with Gasteiger partial charge in [0.15, 0.2) is 5.82 Å². The first-order valence-corrected chi connectivity index (χ1v) is 6.45. The summed E-state index contributed by atoms with van der Waals surface area (Å²) >= 11 is 0. The van der Waals surface area contributed by atoms with Gasteiger partial charge in [0.25, 0.3) is 0 Å². The summed E-state index contributed by atoms with van der Waals surface area (Å²) in [6.07, 6.45) is 7.41. The lowest BCUT2D eigenvalue weighted by Crippen LogP contribution is -2.27. The molecule has 18 heavy (non-hydrogen) atoms. The van der Waals surface area contributed by atoms with Crippen LogP contribution in [0.15, 0.2) is 11.6 Å². The van der Waals surface area contributed by atoms with Gasteiger partial charge in [-0.2, -0.15) is 5.10 Å². The number of rotatable bonds is 4. The predicted molar refractivity (Wildman–Crippen MR) is 68.8 cm³/mol. The van der Waals surface area contributed by atoms with E-state index in [1.807, 2.05) is 6.92 Å². The molecule has 0 fully saturated rings. The van der Waals surface area contributed by atoms with Crippen molar-refractivity contribution in [1.82, 2.24) is 20.1 Å². The molecule has 1 heterocycles. The number of aromatic amines is 1. The van der Waals surface area contributed by atoms with Gasteiger partial charge in [-0.15, -0.1) is 0 Å². The maximum atomic E-state index is 12.0. The molecule has 0 saturated heterocycles. The van der Waals surface area contributed by atoms with Crippen LogP contribution in [0.5, 0.6) is 0 Å². The highest BCUT2D eigenvalue weighted by atomic mass is 16.2. The van der Waals surface area contributed by atoms with E-state index >= 15 is 0 Å². The monoisotopic (exact) mass is 248 g/mol. The molecule has 1 N–H and O–H groups in total. The zero-order valence-corrected chi connectivity index (χ0v) is 11.1. The summed E-state index contributed by atoms with van der Waals surface area (Å²) in [5, 5.41) is 6.82. The third-order valence-electron chi connectivity index (χ3n) is 3.21. The van der Waals surface area contributed by atoms with E-state index in [4.69, 9.17) is 0 Å². The molecule has 0 saturated carbocycles. The molecule has 1 aromatic rings. The molecule has 0 unspecified atom stereocenters. The van der Waals surface area contributed by atoms with Crippen LogP contribution >= 0.6 is 0 Å². The Morgan fingerprint density at radius 2 is 2.33 bits per heavy atom. The Labute approximate surface area is 107 Å². The second-order valence-corrected chi connectivity index (χ2v) is 4.87. The average molecular weight is 248 g/mol. The summed E-state index contributed by atoms with van der Waals surface area (Å²) in [6, 6.07) is 0. The fraction of sp³-hybridized carbons (Fsp3) is 0.615. The number of hydrogen-bond acceptors (Lipinski definition) is 3. The van der Waals surface area contributed by atoms with Gasteiger partial charge in [0.2, 0.25) is 5.91 Å². The third-order valence-corrected chi connectivity index (χ3v) is 3.21. The van der Waals surface area contributed by atoms with E-state index in [2.05, 4.69) is 21.3 Å². The average Bonchev–Trinajstić information content (AvgIpc) is 2.76.